The van der Waals surface area contributed by atoms with Gasteiger partial charge >= 0.3 is 5.97 Å². The van der Waals surface area contributed by atoms with Crippen molar-refractivity contribution in [3.8, 4) is 11.4 Å². The van der Waals surface area contributed by atoms with Crippen molar-refractivity contribution in [2.24, 2.45) is 0 Å². The van der Waals surface area contributed by atoms with Crippen molar-refractivity contribution in [2.45, 2.75) is 0 Å². The van der Waals surface area contributed by atoms with Gasteiger partial charge in [-0.2, -0.15) is 0 Å². The van der Waals surface area contributed by atoms with Crippen LogP contribution in [0.3, 0.4) is 0 Å². The Morgan fingerprint density at radius 1 is 1.09 bits per heavy atom. The number of tetrazole rings is 1. The van der Waals surface area contributed by atoms with E-state index in [1.807, 2.05) is 0 Å². The second-order valence-corrected chi connectivity index (χ2v) is 4.55. The molecule has 0 aliphatic heterocycles. The van der Waals surface area contributed by atoms with E-state index in [1.54, 1.807) is 42.5 Å². The summed E-state index contributed by atoms with van der Waals surface area (Å²) in [5.41, 5.74) is 1.45. The number of ether oxygens (including phenoxy) is 1. The molecule has 0 atom stereocenters. The Kier molecular flexibility index (Phi) is 4.19. The van der Waals surface area contributed by atoms with Crippen LogP contribution in [0.4, 0.5) is 4.39 Å². The van der Waals surface area contributed by atoms with E-state index in [0.29, 0.717) is 11.3 Å². The lowest BCUT2D eigenvalue weighted by Gasteiger charge is -2.03. The fraction of sp³-hybridized carbons (Fsp3) is 0. The number of aromatic nitrogens is 4. The van der Waals surface area contributed by atoms with Crippen LogP contribution in [0.2, 0.25) is 0 Å². The first kappa shape index (κ1) is 14.6. The predicted octanol–water partition coefficient (Wildman–Crippen LogP) is 2.42. The van der Waals surface area contributed by atoms with Crippen molar-refractivity contribution in [1.29, 1.82) is 0 Å². The number of carbonyl (C=O) groups excluding carboxylic acids is 1. The molecule has 0 radical (unpaired) electrons. The second-order valence-electron chi connectivity index (χ2n) is 4.55. The maximum absolute atomic E-state index is 12.8. The number of nitrogens with zero attached hydrogens (tertiary/aromatic N) is 4. The summed E-state index contributed by atoms with van der Waals surface area (Å²) in [5, 5.41) is 10.8. The van der Waals surface area contributed by atoms with Crippen LogP contribution in [0, 0.1) is 5.82 Å². The number of hydrogen-bond donors (Lipinski definition) is 0. The highest BCUT2D eigenvalue weighted by Gasteiger charge is 2.02. The third-order valence-electron chi connectivity index (χ3n) is 2.95. The summed E-state index contributed by atoms with van der Waals surface area (Å²) in [6.45, 7) is 0. The normalized spacial score (nSPS) is 10.8. The van der Waals surface area contributed by atoms with Gasteiger partial charge in [0.1, 0.15) is 17.9 Å². The lowest BCUT2D eigenvalue weighted by Crippen LogP contribution is -2.04. The Balaban J connectivity index is 1.62. The molecule has 1 heterocycles. The van der Waals surface area contributed by atoms with Gasteiger partial charge in [-0.1, -0.05) is 12.1 Å². The molecule has 0 N–H and O–H groups in total. The molecule has 2 aromatic carbocycles. The summed E-state index contributed by atoms with van der Waals surface area (Å²) < 4.78 is 19.4. The summed E-state index contributed by atoms with van der Waals surface area (Å²) in [5.74, 6) is -0.451. The minimum Gasteiger partial charge on any atom is -0.423 e. The Labute approximate surface area is 130 Å². The zero-order valence-corrected chi connectivity index (χ0v) is 11.8. The quantitative estimate of drug-likeness (QED) is 0.420. The molecule has 3 rings (SSSR count). The molecule has 0 aliphatic rings. The van der Waals surface area contributed by atoms with E-state index in [-0.39, 0.29) is 5.82 Å². The van der Waals surface area contributed by atoms with Gasteiger partial charge in [0.2, 0.25) is 0 Å². The molecule has 0 amide bonds. The Hall–Kier alpha value is -3.35. The largest absolute Gasteiger partial charge is 0.423 e. The molecule has 6 nitrogen and oxygen atoms in total. The van der Waals surface area contributed by atoms with Crippen LogP contribution < -0.4 is 4.74 Å². The second kappa shape index (κ2) is 6.61. The molecule has 0 unspecified atom stereocenters. The monoisotopic (exact) mass is 310 g/mol. The summed E-state index contributed by atoms with van der Waals surface area (Å²) in [4.78, 5) is 11.7. The minimum absolute atomic E-state index is 0.326. The third kappa shape index (κ3) is 3.85. The molecule has 0 spiro atoms. The number of benzene rings is 2. The zero-order chi connectivity index (χ0) is 16.1. The van der Waals surface area contributed by atoms with Crippen LogP contribution in [-0.4, -0.2) is 26.2 Å². The molecule has 0 saturated carbocycles. The van der Waals surface area contributed by atoms with E-state index in [0.717, 1.165) is 5.69 Å². The van der Waals surface area contributed by atoms with Gasteiger partial charge in [0, 0.05) is 6.08 Å². The summed E-state index contributed by atoms with van der Waals surface area (Å²) in [6, 6.07) is 12.5. The fourth-order valence-corrected chi connectivity index (χ4v) is 1.83. The van der Waals surface area contributed by atoms with Gasteiger partial charge in [-0.25, -0.2) is 13.9 Å². The maximum Gasteiger partial charge on any atom is 0.336 e. The number of hydrogen-bond acceptors (Lipinski definition) is 5. The summed E-state index contributed by atoms with van der Waals surface area (Å²) >= 11 is 0. The first-order valence-electron chi connectivity index (χ1n) is 6.69. The van der Waals surface area contributed by atoms with Gasteiger partial charge in [-0.15, -0.1) is 5.10 Å². The van der Waals surface area contributed by atoms with Gasteiger partial charge in [0.15, 0.2) is 0 Å². The van der Waals surface area contributed by atoms with Crippen molar-refractivity contribution in [1.82, 2.24) is 20.2 Å². The van der Waals surface area contributed by atoms with Gasteiger partial charge in [0.25, 0.3) is 0 Å². The number of carbonyl (C=O) groups is 1. The lowest BCUT2D eigenvalue weighted by molar-refractivity contribution is -0.128. The highest BCUT2D eigenvalue weighted by molar-refractivity contribution is 5.88. The van der Waals surface area contributed by atoms with Gasteiger partial charge in [0.05, 0.1) is 5.69 Å². The molecular formula is C16H11FN4O2. The Morgan fingerprint density at radius 2 is 1.83 bits per heavy atom. The van der Waals surface area contributed by atoms with Crippen LogP contribution in [0.1, 0.15) is 5.56 Å². The highest BCUT2D eigenvalue weighted by atomic mass is 19.1. The van der Waals surface area contributed by atoms with Crippen molar-refractivity contribution in [3.63, 3.8) is 0 Å². The molecule has 0 fully saturated rings. The van der Waals surface area contributed by atoms with Crippen LogP contribution in [0.25, 0.3) is 11.8 Å². The van der Waals surface area contributed by atoms with E-state index in [2.05, 4.69) is 15.5 Å². The minimum atomic E-state index is -0.524. The molecule has 114 valence electrons. The number of halogens is 1. The van der Waals surface area contributed by atoms with E-state index in [1.165, 1.54) is 29.2 Å². The van der Waals surface area contributed by atoms with Crippen molar-refractivity contribution >= 4 is 12.0 Å². The maximum atomic E-state index is 12.8. The zero-order valence-electron chi connectivity index (χ0n) is 11.8. The average Bonchev–Trinajstić information content (AvgIpc) is 3.09. The molecule has 0 saturated heterocycles. The lowest BCUT2D eigenvalue weighted by atomic mass is 10.2. The Morgan fingerprint density at radius 3 is 2.48 bits per heavy atom. The molecule has 1 aromatic heterocycles. The molecule has 0 aliphatic carbocycles. The smallest absolute Gasteiger partial charge is 0.336 e. The molecular weight excluding hydrogens is 299 g/mol. The van der Waals surface area contributed by atoms with Gasteiger partial charge in [-0.05, 0) is 58.5 Å². The van der Waals surface area contributed by atoms with E-state index in [9.17, 15) is 9.18 Å². The van der Waals surface area contributed by atoms with Crippen molar-refractivity contribution in [2.75, 3.05) is 0 Å². The molecule has 7 heteroatoms. The topological polar surface area (TPSA) is 69.9 Å². The van der Waals surface area contributed by atoms with E-state index >= 15 is 0 Å². The SMILES string of the molecule is O=C(/C=C/c1ccc(F)cc1)Oc1ccc(-n2cnnn2)cc1. The summed E-state index contributed by atoms with van der Waals surface area (Å²) in [7, 11) is 0. The van der Waals surface area contributed by atoms with Gasteiger partial charge in [-0.3, -0.25) is 0 Å². The fourth-order valence-electron chi connectivity index (χ4n) is 1.83. The van der Waals surface area contributed by atoms with Crippen molar-refractivity contribution < 1.29 is 13.9 Å². The standard InChI is InChI=1S/C16H11FN4O2/c17-13-4-1-12(2-5-13)3-10-16(22)23-15-8-6-14(7-9-15)21-11-18-19-20-21/h1-11H/b10-3+. The third-order valence-corrected chi connectivity index (χ3v) is 2.95. The van der Waals surface area contributed by atoms with Crippen LogP contribution >= 0.6 is 0 Å². The van der Waals surface area contributed by atoms with E-state index < -0.39 is 5.97 Å². The molecule has 3 aromatic rings. The van der Waals surface area contributed by atoms with Gasteiger partial charge < -0.3 is 4.74 Å². The average molecular weight is 310 g/mol. The first-order chi connectivity index (χ1) is 11.2. The highest BCUT2D eigenvalue weighted by Crippen LogP contribution is 2.14. The molecule has 0 bridgehead atoms. The number of esters is 1. The van der Waals surface area contributed by atoms with Crippen LogP contribution in [0.5, 0.6) is 5.75 Å². The van der Waals surface area contributed by atoms with Crippen LogP contribution in [0.15, 0.2) is 60.9 Å². The van der Waals surface area contributed by atoms with E-state index in [4.69, 9.17) is 4.74 Å². The predicted molar refractivity (Wildman–Crippen MR) is 80.2 cm³/mol. The molecule has 23 heavy (non-hydrogen) atoms. The Bertz CT molecular complexity index is 812. The number of rotatable bonds is 4. The first-order valence-corrected chi connectivity index (χ1v) is 6.69. The van der Waals surface area contributed by atoms with Crippen molar-refractivity contribution in [3.05, 3.63) is 72.3 Å². The summed E-state index contributed by atoms with van der Waals surface area (Å²) in [6.07, 6.45) is 4.30. The van der Waals surface area contributed by atoms with Crippen LogP contribution in [-0.2, 0) is 4.79 Å².